The molecule has 2 rings (SSSR count). The number of ether oxygens (including phenoxy) is 3. The molecule has 4 heteroatoms. The number of esters is 1. The van der Waals surface area contributed by atoms with Gasteiger partial charge < -0.3 is 14.2 Å². The van der Waals surface area contributed by atoms with Gasteiger partial charge in [0.15, 0.2) is 0 Å². The number of rotatable bonds is 4. The van der Waals surface area contributed by atoms with Crippen molar-refractivity contribution >= 4 is 5.97 Å². The lowest BCUT2D eigenvalue weighted by atomic mass is 9.87. The van der Waals surface area contributed by atoms with Crippen molar-refractivity contribution in [1.82, 2.24) is 0 Å². The smallest absolute Gasteiger partial charge is 0.308 e. The predicted molar refractivity (Wildman–Crippen MR) is 71.9 cm³/mol. The first-order chi connectivity index (χ1) is 9.00. The van der Waals surface area contributed by atoms with Gasteiger partial charge >= 0.3 is 5.97 Å². The van der Waals surface area contributed by atoms with Crippen LogP contribution in [0.2, 0.25) is 0 Å². The molecule has 0 aromatic carbocycles. The van der Waals surface area contributed by atoms with Gasteiger partial charge in [0.1, 0.15) is 0 Å². The van der Waals surface area contributed by atoms with Crippen molar-refractivity contribution in [2.75, 3.05) is 13.7 Å². The van der Waals surface area contributed by atoms with E-state index < -0.39 is 0 Å². The molecule has 19 heavy (non-hydrogen) atoms. The van der Waals surface area contributed by atoms with Crippen LogP contribution in [-0.4, -0.2) is 37.5 Å². The zero-order valence-corrected chi connectivity index (χ0v) is 12.3. The van der Waals surface area contributed by atoms with E-state index in [2.05, 4.69) is 13.8 Å². The summed E-state index contributed by atoms with van der Waals surface area (Å²) in [5, 5.41) is 0. The normalized spacial score (nSPS) is 34.2. The molecule has 0 N–H and O–H groups in total. The summed E-state index contributed by atoms with van der Waals surface area (Å²) in [6.45, 7) is 4.96. The number of carbonyl (C=O) groups is 1. The summed E-state index contributed by atoms with van der Waals surface area (Å²) >= 11 is 0. The number of carbonyl (C=O) groups excluding carboxylic acids is 1. The van der Waals surface area contributed by atoms with E-state index in [1.54, 1.807) is 0 Å². The second kappa shape index (κ2) is 6.23. The zero-order valence-electron chi connectivity index (χ0n) is 12.3. The van der Waals surface area contributed by atoms with Gasteiger partial charge in [-0.2, -0.15) is 0 Å². The summed E-state index contributed by atoms with van der Waals surface area (Å²) in [7, 11) is 1.46. The van der Waals surface area contributed by atoms with Crippen LogP contribution >= 0.6 is 0 Å². The van der Waals surface area contributed by atoms with Crippen molar-refractivity contribution in [3.63, 3.8) is 0 Å². The molecule has 1 aliphatic carbocycles. The lowest BCUT2D eigenvalue weighted by Crippen LogP contribution is -2.30. The topological polar surface area (TPSA) is 44.8 Å². The van der Waals surface area contributed by atoms with Crippen molar-refractivity contribution in [2.24, 2.45) is 5.92 Å². The Morgan fingerprint density at radius 1 is 1.21 bits per heavy atom. The monoisotopic (exact) mass is 270 g/mol. The van der Waals surface area contributed by atoms with Crippen LogP contribution in [0.5, 0.6) is 0 Å². The van der Waals surface area contributed by atoms with Gasteiger partial charge in [-0.15, -0.1) is 0 Å². The first-order valence-electron chi connectivity index (χ1n) is 7.37. The second-order valence-corrected chi connectivity index (χ2v) is 6.37. The molecule has 1 atom stereocenters. The molecule has 0 bridgehead atoms. The van der Waals surface area contributed by atoms with E-state index >= 15 is 0 Å². The Morgan fingerprint density at radius 2 is 1.89 bits per heavy atom. The van der Waals surface area contributed by atoms with Gasteiger partial charge in [0.25, 0.3) is 0 Å². The number of methoxy groups -OCH3 is 1. The minimum absolute atomic E-state index is 0.0105. The summed E-state index contributed by atoms with van der Waals surface area (Å²) in [6, 6.07) is 0. The van der Waals surface area contributed by atoms with Gasteiger partial charge in [-0.25, -0.2) is 0 Å². The van der Waals surface area contributed by atoms with E-state index in [0.717, 1.165) is 38.5 Å². The Hall–Kier alpha value is -0.610. The molecule has 1 saturated carbocycles. The fraction of sp³-hybridized carbons (Fsp3) is 0.933. The lowest BCUT2D eigenvalue weighted by Gasteiger charge is -2.28. The van der Waals surface area contributed by atoms with E-state index in [1.165, 1.54) is 7.11 Å². The SMILES string of the molecule is COC(=O)C1CCC(OCC2CCC(C)(C)O2)CC1. The molecule has 0 aromatic heterocycles. The van der Waals surface area contributed by atoms with Gasteiger partial charge in [-0.1, -0.05) is 0 Å². The molecule has 1 saturated heterocycles. The molecule has 1 unspecified atom stereocenters. The van der Waals surface area contributed by atoms with Crippen molar-refractivity contribution in [2.45, 2.75) is 70.2 Å². The minimum Gasteiger partial charge on any atom is -0.469 e. The Kier molecular flexibility index (Phi) is 4.85. The van der Waals surface area contributed by atoms with Crippen LogP contribution < -0.4 is 0 Å². The van der Waals surface area contributed by atoms with Gasteiger partial charge in [0.2, 0.25) is 0 Å². The highest BCUT2D eigenvalue weighted by Crippen LogP contribution is 2.31. The largest absolute Gasteiger partial charge is 0.469 e. The number of hydrogen-bond donors (Lipinski definition) is 0. The molecule has 4 nitrogen and oxygen atoms in total. The standard InChI is InChI=1S/C15H26O4/c1-15(2)9-8-13(19-15)10-18-12-6-4-11(5-7-12)14(16)17-3/h11-13H,4-10H2,1-3H3. The van der Waals surface area contributed by atoms with E-state index in [-0.39, 0.29) is 29.7 Å². The Balaban J connectivity index is 1.65. The highest BCUT2D eigenvalue weighted by Gasteiger charge is 2.33. The van der Waals surface area contributed by atoms with Crippen LogP contribution in [0, 0.1) is 5.92 Å². The van der Waals surface area contributed by atoms with Gasteiger partial charge in [0, 0.05) is 0 Å². The second-order valence-electron chi connectivity index (χ2n) is 6.37. The maximum atomic E-state index is 11.4. The van der Waals surface area contributed by atoms with Crippen LogP contribution in [0.3, 0.4) is 0 Å². The fourth-order valence-electron chi connectivity index (χ4n) is 3.07. The molecule has 0 radical (unpaired) electrons. The first kappa shape index (κ1) is 14.8. The molecule has 0 amide bonds. The third-order valence-electron chi connectivity index (χ3n) is 4.28. The fourth-order valence-corrected chi connectivity index (χ4v) is 3.07. The Labute approximate surface area is 115 Å². The van der Waals surface area contributed by atoms with Crippen molar-refractivity contribution < 1.29 is 19.0 Å². The van der Waals surface area contributed by atoms with E-state index in [1.807, 2.05) is 0 Å². The third kappa shape index (κ3) is 4.18. The molecule has 2 aliphatic rings. The highest BCUT2D eigenvalue weighted by atomic mass is 16.6. The Morgan fingerprint density at radius 3 is 2.42 bits per heavy atom. The average Bonchev–Trinajstić information content (AvgIpc) is 2.76. The molecular formula is C15H26O4. The number of hydrogen-bond acceptors (Lipinski definition) is 4. The average molecular weight is 270 g/mol. The summed E-state index contributed by atoms with van der Waals surface area (Å²) in [5.74, 6) is 0.00541. The van der Waals surface area contributed by atoms with E-state index in [4.69, 9.17) is 14.2 Å². The summed E-state index contributed by atoms with van der Waals surface area (Å²) in [4.78, 5) is 11.4. The van der Waals surface area contributed by atoms with Gasteiger partial charge in [0.05, 0.1) is 37.4 Å². The summed E-state index contributed by atoms with van der Waals surface area (Å²) in [5.41, 5.74) is 0.0105. The molecule has 1 heterocycles. The van der Waals surface area contributed by atoms with Crippen LogP contribution in [-0.2, 0) is 19.0 Å². The van der Waals surface area contributed by atoms with Crippen molar-refractivity contribution in [1.29, 1.82) is 0 Å². The molecular weight excluding hydrogens is 244 g/mol. The maximum absolute atomic E-state index is 11.4. The minimum atomic E-state index is -0.0701. The molecule has 1 aliphatic heterocycles. The highest BCUT2D eigenvalue weighted by molar-refractivity contribution is 5.72. The molecule has 0 aromatic rings. The quantitative estimate of drug-likeness (QED) is 0.737. The Bertz CT molecular complexity index is 305. The van der Waals surface area contributed by atoms with Crippen molar-refractivity contribution in [3.05, 3.63) is 0 Å². The summed E-state index contributed by atoms with van der Waals surface area (Å²) in [6.07, 6.45) is 6.40. The van der Waals surface area contributed by atoms with Gasteiger partial charge in [-0.05, 0) is 52.4 Å². The van der Waals surface area contributed by atoms with Crippen molar-refractivity contribution in [3.8, 4) is 0 Å². The van der Waals surface area contributed by atoms with Crippen LogP contribution in [0.15, 0.2) is 0 Å². The van der Waals surface area contributed by atoms with Crippen LogP contribution in [0.4, 0.5) is 0 Å². The lowest BCUT2D eigenvalue weighted by molar-refractivity contribution is -0.148. The predicted octanol–water partition coefficient (Wildman–Crippen LogP) is 2.69. The first-order valence-corrected chi connectivity index (χ1v) is 7.37. The van der Waals surface area contributed by atoms with E-state index in [0.29, 0.717) is 6.61 Å². The molecule has 0 spiro atoms. The van der Waals surface area contributed by atoms with Crippen LogP contribution in [0.25, 0.3) is 0 Å². The van der Waals surface area contributed by atoms with E-state index in [9.17, 15) is 4.79 Å². The maximum Gasteiger partial charge on any atom is 0.308 e. The summed E-state index contributed by atoms with van der Waals surface area (Å²) < 4.78 is 16.7. The van der Waals surface area contributed by atoms with Gasteiger partial charge in [-0.3, -0.25) is 4.79 Å². The molecule has 110 valence electrons. The molecule has 2 fully saturated rings. The van der Waals surface area contributed by atoms with Crippen LogP contribution in [0.1, 0.15) is 52.4 Å². The third-order valence-corrected chi connectivity index (χ3v) is 4.28. The zero-order chi connectivity index (χ0) is 13.9.